The van der Waals surface area contributed by atoms with Gasteiger partial charge in [0.15, 0.2) is 0 Å². The molecule has 7 heteroatoms. The lowest BCUT2D eigenvalue weighted by Gasteiger charge is -2.30. The first-order valence-electron chi connectivity index (χ1n) is 7.83. The van der Waals surface area contributed by atoms with Crippen molar-refractivity contribution in [3.05, 3.63) is 29.0 Å². The summed E-state index contributed by atoms with van der Waals surface area (Å²) >= 11 is 5.84. The number of nitrogens with one attached hydrogen (secondary N) is 1. The zero-order chi connectivity index (χ0) is 16.4. The summed E-state index contributed by atoms with van der Waals surface area (Å²) in [5, 5.41) is 3.17. The second-order valence-electron chi connectivity index (χ2n) is 6.16. The van der Waals surface area contributed by atoms with Gasteiger partial charge in [-0.05, 0) is 31.7 Å². The Balaban J connectivity index is 1.55. The van der Waals surface area contributed by atoms with E-state index < -0.39 is 11.9 Å². The van der Waals surface area contributed by atoms with E-state index in [0.29, 0.717) is 19.7 Å². The number of nitrogens with zero attached hydrogens (tertiary/aromatic N) is 2. The lowest BCUT2D eigenvalue weighted by molar-refractivity contribution is -0.138. The molecule has 1 aromatic rings. The molecule has 1 aromatic carbocycles. The van der Waals surface area contributed by atoms with E-state index in [0.717, 1.165) is 25.2 Å². The Morgan fingerprint density at radius 1 is 1.39 bits per heavy atom. The third kappa shape index (κ3) is 3.94. The number of ether oxygens (including phenoxy) is 1. The van der Waals surface area contributed by atoms with Crippen LogP contribution >= 0.6 is 11.6 Å². The normalized spacial score (nSPS) is 25.6. The van der Waals surface area contributed by atoms with Gasteiger partial charge in [-0.1, -0.05) is 11.6 Å². The summed E-state index contributed by atoms with van der Waals surface area (Å²) in [5.41, 5.74) is 0.877. The van der Waals surface area contributed by atoms with Gasteiger partial charge in [0.2, 0.25) is 0 Å². The Hall–Kier alpha value is -1.37. The van der Waals surface area contributed by atoms with Gasteiger partial charge in [-0.25, -0.2) is 4.39 Å². The molecule has 3 rings (SSSR count). The van der Waals surface area contributed by atoms with Crippen molar-refractivity contribution < 1.29 is 13.9 Å². The van der Waals surface area contributed by atoms with Gasteiger partial charge >= 0.3 is 0 Å². The molecule has 1 amide bonds. The molecule has 23 heavy (non-hydrogen) atoms. The number of carbonyl (C=O) groups is 1. The molecular formula is C16H21ClFN3O2. The summed E-state index contributed by atoms with van der Waals surface area (Å²) < 4.78 is 18.8. The standard InChI is InChI=1S/C16H21ClFN3O2/c1-20-6-7-23-15(10-20)16(22)19-11-4-5-21(9-11)12-2-3-14(18)13(17)8-12/h2-3,8,11,15H,4-7,9-10H2,1H3,(H,19,22)/t11-,15-/m1/s1. The van der Waals surface area contributed by atoms with Crippen molar-refractivity contribution >= 4 is 23.2 Å². The van der Waals surface area contributed by atoms with Crippen LogP contribution in [0.25, 0.3) is 0 Å². The quantitative estimate of drug-likeness (QED) is 0.905. The number of morpholine rings is 1. The highest BCUT2D eigenvalue weighted by atomic mass is 35.5. The van der Waals surface area contributed by atoms with E-state index in [9.17, 15) is 9.18 Å². The zero-order valence-corrected chi connectivity index (χ0v) is 13.9. The number of amides is 1. The fourth-order valence-electron chi connectivity index (χ4n) is 3.02. The van der Waals surface area contributed by atoms with Crippen LogP contribution in [-0.2, 0) is 9.53 Å². The topological polar surface area (TPSA) is 44.8 Å². The maximum Gasteiger partial charge on any atom is 0.250 e. The van der Waals surface area contributed by atoms with Gasteiger partial charge in [-0.3, -0.25) is 4.79 Å². The van der Waals surface area contributed by atoms with Gasteiger partial charge in [0, 0.05) is 37.9 Å². The molecule has 2 atom stereocenters. The maximum absolute atomic E-state index is 13.2. The predicted octanol–water partition coefficient (Wildman–Crippen LogP) is 1.50. The van der Waals surface area contributed by atoms with Crippen molar-refractivity contribution in [2.45, 2.75) is 18.6 Å². The molecule has 0 unspecified atom stereocenters. The van der Waals surface area contributed by atoms with E-state index in [4.69, 9.17) is 16.3 Å². The van der Waals surface area contributed by atoms with Crippen LogP contribution in [0.3, 0.4) is 0 Å². The van der Waals surface area contributed by atoms with E-state index in [1.165, 1.54) is 6.07 Å². The highest BCUT2D eigenvalue weighted by molar-refractivity contribution is 6.31. The molecule has 5 nitrogen and oxygen atoms in total. The molecule has 126 valence electrons. The van der Waals surface area contributed by atoms with Gasteiger partial charge in [0.25, 0.3) is 5.91 Å². The minimum Gasteiger partial charge on any atom is -0.369 e. The van der Waals surface area contributed by atoms with Crippen LogP contribution in [0.15, 0.2) is 18.2 Å². The number of rotatable bonds is 3. The molecular weight excluding hydrogens is 321 g/mol. The van der Waals surface area contributed by atoms with Crippen molar-refractivity contribution in [1.82, 2.24) is 10.2 Å². The Morgan fingerprint density at radius 3 is 2.96 bits per heavy atom. The average molecular weight is 342 g/mol. The number of anilines is 1. The van der Waals surface area contributed by atoms with Gasteiger partial charge in [-0.15, -0.1) is 0 Å². The largest absolute Gasteiger partial charge is 0.369 e. The van der Waals surface area contributed by atoms with Crippen LogP contribution in [0, 0.1) is 5.82 Å². The fraction of sp³-hybridized carbons (Fsp3) is 0.562. The van der Waals surface area contributed by atoms with E-state index in [1.54, 1.807) is 12.1 Å². The highest BCUT2D eigenvalue weighted by Gasteiger charge is 2.29. The highest BCUT2D eigenvalue weighted by Crippen LogP contribution is 2.25. The molecule has 2 aliphatic heterocycles. The van der Waals surface area contributed by atoms with E-state index in [2.05, 4.69) is 15.1 Å². The van der Waals surface area contributed by atoms with Crippen molar-refractivity contribution in [2.24, 2.45) is 0 Å². The van der Waals surface area contributed by atoms with Gasteiger partial charge < -0.3 is 19.9 Å². The van der Waals surface area contributed by atoms with Crippen molar-refractivity contribution in [3.63, 3.8) is 0 Å². The molecule has 2 fully saturated rings. The summed E-state index contributed by atoms with van der Waals surface area (Å²) in [7, 11) is 1.98. The third-order valence-corrected chi connectivity index (χ3v) is 4.65. The van der Waals surface area contributed by atoms with Crippen molar-refractivity contribution in [2.75, 3.05) is 44.7 Å². The van der Waals surface area contributed by atoms with E-state index >= 15 is 0 Å². The summed E-state index contributed by atoms with van der Waals surface area (Å²) in [6, 6.07) is 4.78. The van der Waals surface area contributed by atoms with Crippen LogP contribution in [0.5, 0.6) is 0 Å². The molecule has 2 heterocycles. The fourth-order valence-corrected chi connectivity index (χ4v) is 3.20. The first kappa shape index (κ1) is 16.5. The predicted molar refractivity (Wildman–Crippen MR) is 87.4 cm³/mol. The van der Waals surface area contributed by atoms with E-state index in [1.807, 2.05) is 7.05 Å². The summed E-state index contributed by atoms with van der Waals surface area (Å²) in [5.74, 6) is -0.474. The minimum atomic E-state index is -0.418. The molecule has 2 aliphatic rings. The first-order chi connectivity index (χ1) is 11.0. The molecule has 0 aromatic heterocycles. The monoisotopic (exact) mass is 341 g/mol. The molecule has 1 N–H and O–H groups in total. The molecule has 0 radical (unpaired) electrons. The number of hydrogen-bond acceptors (Lipinski definition) is 4. The van der Waals surface area contributed by atoms with Crippen molar-refractivity contribution in [3.8, 4) is 0 Å². The molecule has 0 saturated carbocycles. The Labute approximate surface area is 140 Å². The summed E-state index contributed by atoms with van der Waals surface area (Å²) in [6.45, 7) is 3.55. The first-order valence-corrected chi connectivity index (χ1v) is 8.21. The smallest absolute Gasteiger partial charge is 0.250 e. The number of hydrogen-bond donors (Lipinski definition) is 1. The summed E-state index contributed by atoms with van der Waals surface area (Å²) in [6.07, 6.45) is 0.451. The van der Waals surface area contributed by atoms with Crippen molar-refractivity contribution in [1.29, 1.82) is 0 Å². The van der Waals surface area contributed by atoms with Crippen LogP contribution in [0.4, 0.5) is 10.1 Å². The minimum absolute atomic E-state index is 0.0551. The third-order valence-electron chi connectivity index (χ3n) is 4.36. The number of carbonyl (C=O) groups excluding carboxylic acids is 1. The van der Waals surface area contributed by atoms with Gasteiger partial charge in [0.05, 0.1) is 11.6 Å². The molecule has 2 saturated heterocycles. The zero-order valence-electron chi connectivity index (χ0n) is 13.1. The number of benzene rings is 1. The number of halogens is 2. The molecule has 0 bridgehead atoms. The average Bonchev–Trinajstić information content (AvgIpc) is 2.98. The van der Waals surface area contributed by atoms with Crippen LogP contribution in [0.1, 0.15) is 6.42 Å². The molecule has 0 spiro atoms. The van der Waals surface area contributed by atoms with Gasteiger partial charge in [-0.2, -0.15) is 0 Å². The molecule has 0 aliphatic carbocycles. The van der Waals surface area contributed by atoms with Gasteiger partial charge in [0.1, 0.15) is 11.9 Å². The Kier molecular flexibility index (Phi) is 5.04. The van der Waals surface area contributed by atoms with Crippen LogP contribution in [-0.4, -0.2) is 62.8 Å². The summed E-state index contributed by atoms with van der Waals surface area (Å²) in [4.78, 5) is 16.5. The number of likely N-dealkylation sites (N-methyl/N-ethyl adjacent to an activating group) is 1. The lowest BCUT2D eigenvalue weighted by Crippen LogP contribution is -2.51. The Morgan fingerprint density at radius 2 is 2.22 bits per heavy atom. The van der Waals surface area contributed by atoms with Crippen LogP contribution in [0.2, 0.25) is 5.02 Å². The Bertz CT molecular complexity index is 586. The second-order valence-corrected chi connectivity index (χ2v) is 6.57. The SMILES string of the molecule is CN1CCO[C@@H](C(=O)N[C@@H]2CCN(c3ccc(F)c(Cl)c3)C2)C1. The second kappa shape index (κ2) is 7.03. The van der Waals surface area contributed by atoms with Crippen LogP contribution < -0.4 is 10.2 Å². The maximum atomic E-state index is 13.2. The lowest BCUT2D eigenvalue weighted by atomic mass is 10.2. The van der Waals surface area contributed by atoms with E-state index in [-0.39, 0.29) is 17.0 Å².